The van der Waals surface area contributed by atoms with Crippen LogP contribution in [0.1, 0.15) is 17.5 Å². The van der Waals surface area contributed by atoms with E-state index in [1.165, 1.54) is 15.8 Å². The maximum absolute atomic E-state index is 5.45. The molecule has 4 heteroatoms. The first-order valence-electron chi connectivity index (χ1n) is 5.52. The molecule has 1 aromatic heterocycles. The predicted molar refractivity (Wildman–Crippen MR) is 71.3 cm³/mol. The summed E-state index contributed by atoms with van der Waals surface area (Å²) in [6, 6.07) is 4.33. The number of benzene rings is 1. The minimum atomic E-state index is 0.718. The standard InChI is InChI=1S/C12H17N3S/c1-8-6-9(2)11-10(7-8)15-12(16-11)14-5-3-4-13/h6-7H,3-5,13H2,1-2H3,(H,14,15). The fourth-order valence-electron chi connectivity index (χ4n) is 1.75. The van der Waals surface area contributed by atoms with Crippen LogP contribution in [0.25, 0.3) is 10.2 Å². The molecule has 0 bridgehead atoms. The van der Waals surface area contributed by atoms with E-state index in [0.29, 0.717) is 0 Å². The summed E-state index contributed by atoms with van der Waals surface area (Å²) in [4.78, 5) is 4.57. The lowest BCUT2D eigenvalue weighted by Gasteiger charge is -1.98. The van der Waals surface area contributed by atoms with Gasteiger partial charge in [-0.25, -0.2) is 4.98 Å². The molecule has 1 heterocycles. The quantitative estimate of drug-likeness (QED) is 0.801. The zero-order chi connectivity index (χ0) is 11.5. The predicted octanol–water partition coefficient (Wildman–Crippen LogP) is 2.67. The van der Waals surface area contributed by atoms with E-state index in [1.54, 1.807) is 11.3 Å². The third kappa shape index (κ3) is 2.33. The monoisotopic (exact) mass is 235 g/mol. The highest BCUT2D eigenvalue weighted by molar-refractivity contribution is 7.22. The number of nitrogens with one attached hydrogen (secondary N) is 1. The van der Waals surface area contributed by atoms with Gasteiger partial charge in [0.25, 0.3) is 0 Å². The summed E-state index contributed by atoms with van der Waals surface area (Å²) in [5.74, 6) is 0. The normalized spacial score (nSPS) is 10.9. The van der Waals surface area contributed by atoms with Gasteiger partial charge in [0.1, 0.15) is 0 Å². The summed E-state index contributed by atoms with van der Waals surface area (Å²) in [6.45, 7) is 5.86. The molecule has 16 heavy (non-hydrogen) atoms. The topological polar surface area (TPSA) is 50.9 Å². The molecule has 0 amide bonds. The Bertz CT molecular complexity index is 490. The van der Waals surface area contributed by atoms with E-state index in [0.717, 1.165) is 30.2 Å². The van der Waals surface area contributed by atoms with Crippen LogP contribution in [0.5, 0.6) is 0 Å². The number of nitrogens with zero attached hydrogens (tertiary/aromatic N) is 1. The molecule has 3 N–H and O–H groups in total. The third-order valence-corrected chi connectivity index (χ3v) is 3.64. The summed E-state index contributed by atoms with van der Waals surface area (Å²) in [5.41, 5.74) is 9.12. The second-order valence-electron chi connectivity index (χ2n) is 4.02. The summed E-state index contributed by atoms with van der Waals surface area (Å²) in [7, 11) is 0. The summed E-state index contributed by atoms with van der Waals surface area (Å²) < 4.78 is 1.28. The Labute approximate surface area is 99.7 Å². The second-order valence-corrected chi connectivity index (χ2v) is 5.02. The Morgan fingerprint density at radius 2 is 2.19 bits per heavy atom. The number of hydrogen-bond donors (Lipinski definition) is 2. The average Bonchev–Trinajstić information content (AvgIpc) is 2.61. The van der Waals surface area contributed by atoms with Crippen molar-refractivity contribution in [1.29, 1.82) is 0 Å². The van der Waals surface area contributed by atoms with Crippen LogP contribution in [-0.4, -0.2) is 18.1 Å². The van der Waals surface area contributed by atoms with Crippen LogP contribution < -0.4 is 11.1 Å². The Balaban J connectivity index is 2.26. The van der Waals surface area contributed by atoms with Crippen LogP contribution in [0.2, 0.25) is 0 Å². The third-order valence-electron chi connectivity index (χ3n) is 2.48. The molecule has 0 spiro atoms. The fraction of sp³-hybridized carbons (Fsp3) is 0.417. The minimum absolute atomic E-state index is 0.718. The molecule has 0 fully saturated rings. The molecule has 0 atom stereocenters. The molecule has 1 aromatic carbocycles. The molecular formula is C12H17N3S. The van der Waals surface area contributed by atoms with E-state index in [2.05, 4.69) is 36.3 Å². The van der Waals surface area contributed by atoms with Gasteiger partial charge in [-0.1, -0.05) is 17.4 Å². The Morgan fingerprint density at radius 3 is 2.94 bits per heavy atom. The molecule has 0 unspecified atom stereocenters. The van der Waals surface area contributed by atoms with Crippen LogP contribution >= 0.6 is 11.3 Å². The smallest absolute Gasteiger partial charge is 0.183 e. The van der Waals surface area contributed by atoms with Crippen molar-refractivity contribution in [3.05, 3.63) is 23.3 Å². The number of fused-ring (bicyclic) bond motifs is 1. The van der Waals surface area contributed by atoms with Crippen molar-refractivity contribution in [2.45, 2.75) is 20.3 Å². The molecule has 3 nitrogen and oxygen atoms in total. The van der Waals surface area contributed by atoms with E-state index in [9.17, 15) is 0 Å². The molecule has 0 aliphatic heterocycles. The van der Waals surface area contributed by atoms with Crippen LogP contribution in [0, 0.1) is 13.8 Å². The molecule has 86 valence electrons. The Kier molecular flexibility index (Phi) is 3.41. The molecule has 0 saturated carbocycles. The van der Waals surface area contributed by atoms with Crippen molar-refractivity contribution in [2.24, 2.45) is 5.73 Å². The average molecular weight is 235 g/mol. The minimum Gasteiger partial charge on any atom is -0.361 e. The van der Waals surface area contributed by atoms with Gasteiger partial charge in [-0.2, -0.15) is 0 Å². The SMILES string of the molecule is Cc1cc(C)c2sc(NCCCN)nc2c1. The van der Waals surface area contributed by atoms with Gasteiger partial charge in [0.2, 0.25) is 0 Å². The molecule has 0 saturated heterocycles. The van der Waals surface area contributed by atoms with Crippen LogP contribution in [0.4, 0.5) is 5.13 Å². The molecule has 2 rings (SSSR count). The van der Waals surface area contributed by atoms with Crippen molar-refractivity contribution < 1.29 is 0 Å². The van der Waals surface area contributed by atoms with Crippen molar-refractivity contribution in [3.63, 3.8) is 0 Å². The van der Waals surface area contributed by atoms with E-state index >= 15 is 0 Å². The fourth-order valence-corrected chi connectivity index (χ4v) is 2.69. The number of hydrogen-bond acceptors (Lipinski definition) is 4. The van der Waals surface area contributed by atoms with Crippen molar-refractivity contribution in [1.82, 2.24) is 4.98 Å². The summed E-state index contributed by atoms with van der Waals surface area (Å²) >= 11 is 1.72. The zero-order valence-electron chi connectivity index (χ0n) is 9.71. The first-order valence-corrected chi connectivity index (χ1v) is 6.34. The highest BCUT2D eigenvalue weighted by Gasteiger charge is 2.06. The maximum Gasteiger partial charge on any atom is 0.183 e. The lowest BCUT2D eigenvalue weighted by Crippen LogP contribution is -2.07. The molecule has 0 aliphatic carbocycles. The van der Waals surface area contributed by atoms with Crippen LogP contribution in [-0.2, 0) is 0 Å². The van der Waals surface area contributed by atoms with Crippen LogP contribution in [0.15, 0.2) is 12.1 Å². The molecular weight excluding hydrogens is 218 g/mol. The van der Waals surface area contributed by atoms with Gasteiger partial charge in [-0.15, -0.1) is 0 Å². The lowest BCUT2D eigenvalue weighted by molar-refractivity contribution is 0.873. The zero-order valence-corrected chi connectivity index (χ0v) is 10.5. The van der Waals surface area contributed by atoms with E-state index in [-0.39, 0.29) is 0 Å². The van der Waals surface area contributed by atoms with Crippen LogP contribution in [0.3, 0.4) is 0 Å². The first kappa shape index (κ1) is 11.4. The number of rotatable bonds is 4. The molecule has 0 aliphatic rings. The number of aryl methyl sites for hydroxylation is 2. The van der Waals surface area contributed by atoms with Crippen molar-refractivity contribution in [2.75, 3.05) is 18.4 Å². The molecule has 0 radical (unpaired) electrons. The van der Waals surface area contributed by atoms with Gasteiger partial charge in [0.05, 0.1) is 10.2 Å². The molecule has 2 aromatic rings. The van der Waals surface area contributed by atoms with Gasteiger partial charge in [0, 0.05) is 6.54 Å². The second kappa shape index (κ2) is 4.80. The van der Waals surface area contributed by atoms with Crippen molar-refractivity contribution in [3.8, 4) is 0 Å². The maximum atomic E-state index is 5.45. The number of aromatic nitrogens is 1. The Hall–Kier alpha value is -1.13. The van der Waals surface area contributed by atoms with Gasteiger partial charge in [-0.05, 0) is 44.0 Å². The van der Waals surface area contributed by atoms with Crippen molar-refractivity contribution >= 4 is 26.7 Å². The van der Waals surface area contributed by atoms with E-state index < -0.39 is 0 Å². The first-order chi connectivity index (χ1) is 7.70. The Morgan fingerprint density at radius 1 is 1.38 bits per heavy atom. The number of nitrogens with two attached hydrogens (primary N) is 1. The highest BCUT2D eigenvalue weighted by Crippen LogP contribution is 2.29. The van der Waals surface area contributed by atoms with Gasteiger partial charge in [-0.3, -0.25) is 0 Å². The van der Waals surface area contributed by atoms with Gasteiger partial charge in [0.15, 0.2) is 5.13 Å². The van der Waals surface area contributed by atoms with Gasteiger partial charge < -0.3 is 11.1 Å². The lowest BCUT2D eigenvalue weighted by atomic mass is 10.1. The summed E-state index contributed by atoms with van der Waals surface area (Å²) in [6.07, 6.45) is 0.980. The number of anilines is 1. The van der Waals surface area contributed by atoms with E-state index in [1.807, 2.05) is 0 Å². The van der Waals surface area contributed by atoms with Gasteiger partial charge >= 0.3 is 0 Å². The summed E-state index contributed by atoms with van der Waals surface area (Å²) in [5, 5.41) is 4.31. The number of thiazole rings is 1. The highest BCUT2D eigenvalue weighted by atomic mass is 32.1. The largest absolute Gasteiger partial charge is 0.361 e. The van der Waals surface area contributed by atoms with E-state index in [4.69, 9.17) is 5.73 Å².